The Morgan fingerprint density at radius 2 is 1.92 bits per heavy atom. The van der Waals surface area contributed by atoms with Crippen molar-refractivity contribution in [2.75, 3.05) is 7.05 Å². The summed E-state index contributed by atoms with van der Waals surface area (Å²) in [6, 6.07) is 1.50. The number of rotatable bonds is 0. The molecule has 68 valence electrons. The number of likely N-dealkylation sites (N-methyl/N-ethyl adjacent to an activating group) is 1. The van der Waals surface area contributed by atoms with Crippen LogP contribution in [0.4, 0.5) is 0 Å². The molecule has 0 radical (unpaired) electrons. The van der Waals surface area contributed by atoms with E-state index in [4.69, 9.17) is 0 Å². The number of hydrogen-bond donors (Lipinski definition) is 0. The molecular formula is C11H19N. The van der Waals surface area contributed by atoms with Crippen LogP contribution in [-0.2, 0) is 0 Å². The Morgan fingerprint density at radius 3 is 2.75 bits per heavy atom. The zero-order valence-electron chi connectivity index (χ0n) is 8.16. The second-order valence-electron chi connectivity index (χ2n) is 4.31. The first kappa shape index (κ1) is 8.31. The smallest absolute Gasteiger partial charge is 0.0250 e. The lowest BCUT2D eigenvalue weighted by atomic mass is 9.80. The maximum absolute atomic E-state index is 2.55. The summed E-state index contributed by atoms with van der Waals surface area (Å²) in [6.07, 6.45) is 10.5. The highest BCUT2D eigenvalue weighted by Gasteiger charge is 2.30. The molecule has 1 heterocycles. The molecule has 0 N–H and O–H groups in total. The van der Waals surface area contributed by atoms with Crippen LogP contribution in [-0.4, -0.2) is 24.0 Å². The molecule has 1 nitrogen and oxygen atoms in total. The fraction of sp³-hybridized carbons (Fsp3) is 0.818. The Balaban J connectivity index is 2.13. The Kier molecular flexibility index (Phi) is 2.22. The summed E-state index contributed by atoms with van der Waals surface area (Å²) in [4.78, 5) is 2.55. The Hall–Kier alpha value is -0.300. The lowest BCUT2D eigenvalue weighted by molar-refractivity contribution is 0.121. The van der Waals surface area contributed by atoms with E-state index in [1.54, 1.807) is 0 Å². The molecule has 0 aromatic carbocycles. The van der Waals surface area contributed by atoms with Crippen molar-refractivity contribution in [1.29, 1.82) is 0 Å². The summed E-state index contributed by atoms with van der Waals surface area (Å²) in [5.74, 6) is 0.861. The maximum atomic E-state index is 2.55. The summed E-state index contributed by atoms with van der Waals surface area (Å²) >= 11 is 0. The molecule has 0 aromatic heterocycles. The van der Waals surface area contributed by atoms with Gasteiger partial charge in [0.25, 0.3) is 0 Å². The van der Waals surface area contributed by atoms with Crippen LogP contribution in [0.25, 0.3) is 0 Å². The summed E-state index contributed by atoms with van der Waals surface area (Å²) in [7, 11) is 2.27. The van der Waals surface area contributed by atoms with E-state index >= 15 is 0 Å². The SMILES string of the molecule is C[C@H]1C=C[C@H]2CCCC[C@@H]2N1C. The molecule has 0 saturated heterocycles. The van der Waals surface area contributed by atoms with Gasteiger partial charge in [-0.25, -0.2) is 0 Å². The van der Waals surface area contributed by atoms with Crippen molar-refractivity contribution in [2.45, 2.75) is 44.7 Å². The molecule has 1 aliphatic carbocycles. The van der Waals surface area contributed by atoms with Crippen molar-refractivity contribution < 1.29 is 0 Å². The van der Waals surface area contributed by atoms with Crippen molar-refractivity contribution in [2.24, 2.45) is 5.92 Å². The minimum atomic E-state index is 0.657. The van der Waals surface area contributed by atoms with Crippen LogP contribution >= 0.6 is 0 Å². The molecule has 0 aromatic rings. The molecule has 1 saturated carbocycles. The van der Waals surface area contributed by atoms with Crippen molar-refractivity contribution >= 4 is 0 Å². The lowest BCUT2D eigenvalue weighted by Crippen LogP contribution is -2.46. The molecule has 1 fully saturated rings. The van der Waals surface area contributed by atoms with Crippen LogP contribution in [0.3, 0.4) is 0 Å². The fourth-order valence-electron chi connectivity index (χ4n) is 2.61. The lowest BCUT2D eigenvalue weighted by Gasteiger charge is -2.42. The highest BCUT2D eigenvalue weighted by atomic mass is 15.2. The third kappa shape index (κ3) is 1.31. The Morgan fingerprint density at radius 1 is 1.17 bits per heavy atom. The van der Waals surface area contributed by atoms with Crippen LogP contribution < -0.4 is 0 Å². The van der Waals surface area contributed by atoms with Crippen molar-refractivity contribution in [3.8, 4) is 0 Å². The molecule has 1 heteroatoms. The van der Waals surface area contributed by atoms with Gasteiger partial charge in [-0.2, -0.15) is 0 Å². The first-order valence-corrected chi connectivity index (χ1v) is 5.19. The van der Waals surface area contributed by atoms with Gasteiger partial charge in [0.15, 0.2) is 0 Å². The second kappa shape index (κ2) is 3.21. The van der Waals surface area contributed by atoms with E-state index < -0.39 is 0 Å². The summed E-state index contributed by atoms with van der Waals surface area (Å²) in [5, 5.41) is 0. The van der Waals surface area contributed by atoms with E-state index in [2.05, 4.69) is 31.0 Å². The highest BCUT2D eigenvalue weighted by molar-refractivity contribution is 5.06. The van der Waals surface area contributed by atoms with Gasteiger partial charge >= 0.3 is 0 Å². The van der Waals surface area contributed by atoms with E-state index in [0.717, 1.165) is 12.0 Å². The first-order chi connectivity index (χ1) is 5.79. The topological polar surface area (TPSA) is 3.24 Å². The van der Waals surface area contributed by atoms with Gasteiger partial charge < -0.3 is 0 Å². The molecule has 3 atom stereocenters. The molecule has 0 spiro atoms. The normalized spacial score (nSPS) is 42.7. The summed E-state index contributed by atoms with van der Waals surface area (Å²) in [5.41, 5.74) is 0. The monoisotopic (exact) mass is 165 g/mol. The molecule has 12 heavy (non-hydrogen) atoms. The maximum Gasteiger partial charge on any atom is 0.0250 e. The van der Waals surface area contributed by atoms with Gasteiger partial charge in [0.1, 0.15) is 0 Å². The van der Waals surface area contributed by atoms with E-state index in [9.17, 15) is 0 Å². The molecule has 0 unspecified atom stereocenters. The van der Waals surface area contributed by atoms with Gasteiger partial charge in [-0.3, -0.25) is 4.90 Å². The predicted molar refractivity (Wildman–Crippen MR) is 52.1 cm³/mol. The number of fused-ring (bicyclic) bond motifs is 1. The Bertz CT molecular complexity index is 185. The standard InChI is InChI=1S/C11H19N/c1-9-7-8-10-5-3-4-6-11(10)12(9)2/h7-11H,3-6H2,1-2H3/t9-,10+,11-/m0/s1. The minimum absolute atomic E-state index is 0.657. The van der Waals surface area contributed by atoms with Crippen molar-refractivity contribution in [1.82, 2.24) is 4.90 Å². The molecule has 0 amide bonds. The van der Waals surface area contributed by atoms with E-state index in [1.165, 1.54) is 25.7 Å². The van der Waals surface area contributed by atoms with Crippen LogP contribution in [0, 0.1) is 5.92 Å². The average molecular weight is 165 g/mol. The van der Waals surface area contributed by atoms with Gasteiger partial charge in [-0.1, -0.05) is 25.0 Å². The quantitative estimate of drug-likeness (QED) is 0.498. The van der Waals surface area contributed by atoms with Crippen molar-refractivity contribution in [3.63, 3.8) is 0 Å². The van der Waals surface area contributed by atoms with Gasteiger partial charge in [0.05, 0.1) is 0 Å². The van der Waals surface area contributed by atoms with Crippen LogP contribution in [0.2, 0.25) is 0 Å². The van der Waals surface area contributed by atoms with Crippen molar-refractivity contribution in [3.05, 3.63) is 12.2 Å². The summed E-state index contributed by atoms with van der Waals surface area (Å²) < 4.78 is 0. The Labute approximate surface area is 75.4 Å². The zero-order chi connectivity index (χ0) is 8.55. The van der Waals surface area contributed by atoms with Gasteiger partial charge in [-0.05, 0) is 32.7 Å². The molecule has 2 aliphatic rings. The van der Waals surface area contributed by atoms with E-state index in [0.29, 0.717) is 6.04 Å². The van der Waals surface area contributed by atoms with E-state index in [1.807, 2.05) is 0 Å². The number of nitrogens with zero attached hydrogens (tertiary/aromatic N) is 1. The predicted octanol–water partition coefficient (Wildman–Crippen LogP) is 2.44. The van der Waals surface area contributed by atoms with Crippen LogP contribution in [0.5, 0.6) is 0 Å². The second-order valence-corrected chi connectivity index (χ2v) is 4.31. The molecule has 0 bridgehead atoms. The minimum Gasteiger partial charge on any atom is -0.297 e. The first-order valence-electron chi connectivity index (χ1n) is 5.19. The van der Waals surface area contributed by atoms with E-state index in [-0.39, 0.29) is 0 Å². The average Bonchev–Trinajstić information content (AvgIpc) is 2.12. The van der Waals surface area contributed by atoms with Crippen LogP contribution in [0.1, 0.15) is 32.6 Å². The van der Waals surface area contributed by atoms with Gasteiger partial charge in [0, 0.05) is 12.1 Å². The third-order valence-electron chi connectivity index (χ3n) is 3.58. The van der Waals surface area contributed by atoms with Gasteiger partial charge in [0.2, 0.25) is 0 Å². The summed E-state index contributed by atoms with van der Waals surface area (Å²) in [6.45, 7) is 2.29. The van der Waals surface area contributed by atoms with Crippen LogP contribution in [0.15, 0.2) is 12.2 Å². The zero-order valence-corrected chi connectivity index (χ0v) is 8.16. The van der Waals surface area contributed by atoms with Gasteiger partial charge in [-0.15, -0.1) is 0 Å². The third-order valence-corrected chi connectivity index (χ3v) is 3.58. The molecular weight excluding hydrogens is 146 g/mol. The fourth-order valence-corrected chi connectivity index (χ4v) is 2.61. The number of hydrogen-bond acceptors (Lipinski definition) is 1. The molecule has 1 aliphatic heterocycles. The molecule has 2 rings (SSSR count). The largest absolute Gasteiger partial charge is 0.297 e. The highest BCUT2D eigenvalue weighted by Crippen LogP contribution is 2.32.